The minimum absolute atomic E-state index is 0.115. The van der Waals surface area contributed by atoms with Crippen LogP contribution in [0.25, 0.3) is 0 Å². The minimum Gasteiger partial charge on any atom is -0.327 e. The van der Waals surface area contributed by atoms with Crippen molar-refractivity contribution in [3.05, 3.63) is 35.4 Å². The summed E-state index contributed by atoms with van der Waals surface area (Å²) in [5, 5.41) is 0. The maximum absolute atomic E-state index is 13.4. The van der Waals surface area contributed by atoms with Gasteiger partial charge in [0, 0.05) is 12.6 Å². The summed E-state index contributed by atoms with van der Waals surface area (Å²) >= 11 is 0. The lowest BCUT2D eigenvalue weighted by Crippen LogP contribution is -2.32. The highest BCUT2D eigenvalue weighted by atomic mass is 19.1. The van der Waals surface area contributed by atoms with Gasteiger partial charge in [-0.05, 0) is 18.6 Å². The first-order chi connectivity index (χ1) is 8.10. The highest BCUT2D eigenvalue weighted by Gasteiger charge is 2.18. The number of terminal acetylenes is 1. The zero-order valence-corrected chi connectivity index (χ0v) is 9.54. The van der Waals surface area contributed by atoms with Crippen LogP contribution in [0.2, 0.25) is 0 Å². The maximum Gasteiger partial charge on any atom is 0.257 e. The lowest BCUT2D eigenvalue weighted by Gasteiger charge is -2.19. The van der Waals surface area contributed by atoms with Crippen LogP contribution in [0.4, 0.5) is 8.78 Å². The molecule has 0 radical (unpaired) electrons. The molecule has 1 aromatic carbocycles. The van der Waals surface area contributed by atoms with Gasteiger partial charge in [-0.3, -0.25) is 4.79 Å². The van der Waals surface area contributed by atoms with Crippen LogP contribution in [0, 0.1) is 24.0 Å². The molecule has 0 saturated carbocycles. The van der Waals surface area contributed by atoms with E-state index < -0.39 is 17.5 Å². The van der Waals surface area contributed by atoms with Crippen molar-refractivity contribution < 1.29 is 13.6 Å². The quantitative estimate of drug-likeness (QED) is 0.736. The monoisotopic (exact) mass is 237 g/mol. The number of nitrogens with zero attached hydrogens (tertiary/aromatic N) is 1. The molecule has 1 rings (SSSR count). The lowest BCUT2D eigenvalue weighted by atomic mass is 10.1. The molecule has 17 heavy (non-hydrogen) atoms. The average Bonchev–Trinajstić information content (AvgIpc) is 2.28. The number of benzene rings is 1. The van der Waals surface area contributed by atoms with Crippen molar-refractivity contribution in [3.63, 3.8) is 0 Å². The number of halogens is 2. The largest absolute Gasteiger partial charge is 0.327 e. The molecule has 0 aliphatic heterocycles. The standard InChI is InChI=1S/C13H13F2NO/c1-3-7-16(8-4-2)13(17)11-6-5-10(14)9-12(11)15/h1,5-6,9H,4,7-8H2,2H3. The summed E-state index contributed by atoms with van der Waals surface area (Å²) in [6.07, 6.45) is 5.86. The van der Waals surface area contributed by atoms with Crippen LogP contribution in [0.5, 0.6) is 0 Å². The summed E-state index contributed by atoms with van der Waals surface area (Å²) in [7, 11) is 0. The van der Waals surface area contributed by atoms with Crippen molar-refractivity contribution in [1.29, 1.82) is 0 Å². The second kappa shape index (κ2) is 6.00. The predicted octanol–water partition coefficient (Wildman–Crippen LogP) is 2.45. The van der Waals surface area contributed by atoms with Gasteiger partial charge in [-0.25, -0.2) is 8.78 Å². The molecule has 0 aliphatic carbocycles. The Morgan fingerprint density at radius 3 is 2.71 bits per heavy atom. The first kappa shape index (κ1) is 13.2. The highest BCUT2D eigenvalue weighted by Crippen LogP contribution is 2.12. The summed E-state index contributed by atoms with van der Waals surface area (Å²) in [5.74, 6) is 0.253. The first-order valence-electron chi connectivity index (χ1n) is 5.28. The Morgan fingerprint density at radius 2 is 2.18 bits per heavy atom. The molecule has 0 aromatic heterocycles. The van der Waals surface area contributed by atoms with E-state index in [9.17, 15) is 13.6 Å². The first-order valence-corrected chi connectivity index (χ1v) is 5.28. The van der Waals surface area contributed by atoms with Crippen molar-refractivity contribution in [2.45, 2.75) is 13.3 Å². The van der Waals surface area contributed by atoms with E-state index >= 15 is 0 Å². The van der Waals surface area contributed by atoms with Gasteiger partial charge in [-0.15, -0.1) is 6.42 Å². The Morgan fingerprint density at radius 1 is 1.47 bits per heavy atom. The third-order valence-electron chi connectivity index (χ3n) is 2.22. The fourth-order valence-electron chi connectivity index (χ4n) is 1.47. The Hall–Kier alpha value is -1.89. The molecule has 1 amide bonds. The van der Waals surface area contributed by atoms with E-state index in [-0.39, 0.29) is 12.1 Å². The molecule has 0 unspecified atom stereocenters. The summed E-state index contributed by atoms with van der Waals surface area (Å²) in [4.78, 5) is 13.3. The molecule has 90 valence electrons. The summed E-state index contributed by atoms with van der Waals surface area (Å²) in [6, 6.07) is 2.87. The average molecular weight is 237 g/mol. The molecule has 4 heteroatoms. The van der Waals surface area contributed by atoms with Crippen molar-refractivity contribution >= 4 is 5.91 Å². The molecule has 0 N–H and O–H groups in total. The van der Waals surface area contributed by atoms with Crippen LogP contribution in [-0.4, -0.2) is 23.9 Å². The fraction of sp³-hybridized carbons (Fsp3) is 0.308. The Kier molecular flexibility index (Phi) is 4.65. The van der Waals surface area contributed by atoms with Gasteiger partial charge < -0.3 is 4.90 Å². The van der Waals surface area contributed by atoms with Gasteiger partial charge in [0.2, 0.25) is 0 Å². The second-order valence-corrected chi connectivity index (χ2v) is 3.56. The molecular formula is C13H13F2NO. The molecule has 0 atom stereocenters. The smallest absolute Gasteiger partial charge is 0.257 e. The van der Waals surface area contributed by atoms with Gasteiger partial charge >= 0.3 is 0 Å². The highest BCUT2D eigenvalue weighted by molar-refractivity contribution is 5.94. The number of carbonyl (C=O) groups excluding carboxylic acids is 1. The second-order valence-electron chi connectivity index (χ2n) is 3.56. The third-order valence-corrected chi connectivity index (χ3v) is 2.22. The van der Waals surface area contributed by atoms with E-state index in [0.717, 1.165) is 18.6 Å². The van der Waals surface area contributed by atoms with Crippen LogP contribution in [0.15, 0.2) is 18.2 Å². The van der Waals surface area contributed by atoms with Crippen molar-refractivity contribution in [1.82, 2.24) is 4.90 Å². The van der Waals surface area contributed by atoms with Gasteiger partial charge in [0.1, 0.15) is 11.6 Å². The van der Waals surface area contributed by atoms with Crippen LogP contribution < -0.4 is 0 Å². The van der Waals surface area contributed by atoms with Crippen molar-refractivity contribution in [2.75, 3.05) is 13.1 Å². The topological polar surface area (TPSA) is 20.3 Å². The predicted molar refractivity (Wildman–Crippen MR) is 61.4 cm³/mol. The minimum atomic E-state index is -0.867. The van der Waals surface area contributed by atoms with E-state index in [2.05, 4.69) is 5.92 Å². The summed E-state index contributed by atoms with van der Waals surface area (Å²) in [6.45, 7) is 2.45. The van der Waals surface area contributed by atoms with Gasteiger partial charge in [0.15, 0.2) is 0 Å². The van der Waals surface area contributed by atoms with Crippen molar-refractivity contribution in [2.24, 2.45) is 0 Å². The Labute approximate surface area is 99.2 Å². The molecule has 0 bridgehead atoms. The molecule has 0 heterocycles. The van der Waals surface area contributed by atoms with E-state index in [0.29, 0.717) is 12.6 Å². The molecular weight excluding hydrogens is 224 g/mol. The molecule has 1 aromatic rings. The van der Waals surface area contributed by atoms with Crippen molar-refractivity contribution in [3.8, 4) is 12.3 Å². The van der Waals surface area contributed by atoms with Crippen LogP contribution in [0.3, 0.4) is 0 Å². The van der Waals surface area contributed by atoms with E-state index in [1.807, 2.05) is 6.92 Å². The summed E-state index contributed by atoms with van der Waals surface area (Å²) < 4.78 is 26.1. The normalized spacial score (nSPS) is 9.76. The Bertz CT molecular complexity index is 451. The van der Waals surface area contributed by atoms with Gasteiger partial charge in [-0.2, -0.15) is 0 Å². The molecule has 0 aliphatic rings. The van der Waals surface area contributed by atoms with Gasteiger partial charge in [0.05, 0.1) is 12.1 Å². The zero-order chi connectivity index (χ0) is 12.8. The molecule has 0 spiro atoms. The number of hydrogen-bond donors (Lipinski definition) is 0. The number of carbonyl (C=O) groups is 1. The SMILES string of the molecule is C#CCN(CCC)C(=O)c1ccc(F)cc1F. The molecule has 0 fully saturated rings. The number of hydrogen-bond acceptors (Lipinski definition) is 1. The zero-order valence-electron chi connectivity index (χ0n) is 9.54. The van der Waals surface area contributed by atoms with E-state index in [1.165, 1.54) is 4.90 Å². The van der Waals surface area contributed by atoms with Crippen LogP contribution in [0.1, 0.15) is 23.7 Å². The molecule has 2 nitrogen and oxygen atoms in total. The number of rotatable bonds is 4. The lowest BCUT2D eigenvalue weighted by molar-refractivity contribution is 0.0772. The van der Waals surface area contributed by atoms with Gasteiger partial charge in [0.25, 0.3) is 5.91 Å². The third kappa shape index (κ3) is 3.28. The van der Waals surface area contributed by atoms with Crippen LogP contribution >= 0.6 is 0 Å². The summed E-state index contributed by atoms with van der Waals surface area (Å²) in [5.41, 5.74) is -0.157. The number of amides is 1. The maximum atomic E-state index is 13.4. The van der Waals surface area contributed by atoms with Crippen LogP contribution in [-0.2, 0) is 0 Å². The molecule has 0 saturated heterocycles. The van der Waals surface area contributed by atoms with E-state index in [1.54, 1.807) is 0 Å². The Balaban J connectivity index is 2.97. The van der Waals surface area contributed by atoms with Gasteiger partial charge in [-0.1, -0.05) is 12.8 Å². The fourth-order valence-corrected chi connectivity index (χ4v) is 1.47. The van der Waals surface area contributed by atoms with E-state index in [4.69, 9.17) is 6.42 Å².